The van der Waals surface area contributed by atoms with Crippen LogP contribution in [0.25, 0.3) is 10.9 Å². The minimum absolute atomic E-state index is 0.413. The number of fused-ring (bicyclic) bond motifs is 1. The number of nitrogens with zero attached hydrogens (tertiary/aromatic N) is 2. The lowest BCUT2D eigenvalue weighted by Gasteiger charge is -2.41. The standard InChI is InChI=1S/C15H20ClN3O3S/c1-15(3-5-19(6-4-15)23(2,21)22)14(20)12-8-11(16)7-10-9-17-18-13(10)12/h7-9,14,20H,3-6H2,1-2H3,(H,17,18). The molecule has 0 spiro atoms. The highest BCUT2D eigenvalue weighted by atomic mass is 35.5. The first kappa shape index (κ1) is 16.7. The van der Waals surface area contributed by atoms with Crippen molar-refractivity contribution < 1.29 is 13.5 Å². The van der Waals surface area contributed by atoms with Crippen LogP contribution in [0.15, 0.2) is 18.3 Å². The van der Waals surface area contributed by atoms with Gasteiger partial charge in [0.1, 0.15) is 0 Å². The van der Waals surface area contributed by atoms with Crippen LogP contribution >= 0.6 is 11.6 Å². The van der Waals surface area contributed by atoms with Crippen molar-refractivity contribution in [3.05, 3.63) is 28.9 Å². The average Bonchev–Trinajstić information content (AvgIpc) is 2.93. The maximum atomic E-state index is 11.7. The topological polar surface area (TPSA) is 86.3 Å². The van der Waals surface area contributed by atoms with Crippen molar-refractivity contribution in [3.63, 3.8) is 0 Å². The third kappa shape index (κ3) is 3.10. The van der Waals surface area contributed by atoms with Gasteiger partial charge >= 0.3 is 0 Å². The summed E-state index contributed by atoms with van der Waals surface area (Å²) in [4.78, 5) is 0. The molecule has 23 heavy (non-hydrogen) atoms. The summed E-state index contributed by atoms with van der Waals surface area (Å²) in [7, 11) is -3.18. The molecule has 0 amide bonds. The van der Waals surface area contributed by atoms with Gasteiger partial charge in [0.2, 0.25) is 10.0 Å². The Bertz CT molecular complexity index is 826. The molecule has 0 saturated carbocycles. The Hall–Kier alpha value is -1.15. The SMILES string of the molecule is CC1(C(O)c2cc(Cl)cc3cn[nH]c23)CCN(S(C)(=O)=O)CC1. The predicted molar refractivity (Wildman–Crippen MR) is 89.8 cm³/mol. The van der Waals surface area contributed by atoms with Crippen LogP contribution in [0.1, 0.15) is 31.4 Å². The normalized spacial score (nSPS) is 20.7. The van der Waals surface area contributed by atoms with Crippen LogP contribution in [-0.2, 0) is 10.0 Å². The Balaban J connectivity index is 1.90. The number of sulfonamides is 1. The molecule has 1 saturated heterocycles. The average molecular weight is 358 g/mol. The van der Waals surface area contributed by atoms with Crippen molar-refractivity contribution >= 4 is 32.5 Å². The minimum Gasteiger partial charge on any atom is -0.388 e. The lowest BCUT2D eigenvalue weighted by Crippen LogP contribution is -2.43. The zero-order chi connectivity index (χ0) is 16.8. The molecule has 3 rings (SSSR count). The van der Waals surface area contributed by atoms with Gasteiger partial charge < -0.3 is 5.11 Å². The van der Waals surface area contributed by atoms with Crippen molar-refractivity contribution in [2.75, 3.05) is 19.3 Å². The van der Waals surface area contributed by atoms with E-state index in [0.29, 0.717) is 36.5 Å². The van der Waals surface area contributed by atoms with Crippen molar-refractivity contribution in [1.82, 2.24) is 14.5 Å². The molecule has 1 aliphatic heterocycles. The molecule has 1 atom stereocenters. The van der Waals surface area contributed by atoms with Gasteiger partial charge in [0.15, 0.2) is 0 Å². The summed E-state index contributed by atoms with van der Waals surface area (Å²) >= 11 is 6.15. The zero-order valence-corrected chi connectivity index (χ0v) is 14.7. The fraction of sp³-hybridized carbons (Fsp3) is 0.533. The van der Waals surface area contributed by atoms with Gasteiger partial charge in [0, 0.05) is 34.5 Å². The van der Waals surface area contributed by atoms with Gasteiger partial charge in [-0.3, -0.25) is 5.10 Å². The number of piperidine rings is 1. The number of aromatic nitrogens is 2. The van der Waals surface area contributed by atoms with E-state index in [4.69, 9.17) is 11.6 Å². The van der Waals surface area contributed by atoms with Crippen LogP contribution in [0.2, 0.25) is 5.02 Å². The molecule has 1 aromatic carbocycles. The highest BCUT2D eigenvalue weighted by molar-refractivity contribution is 7.88. The van der Waals surface area contributed by atoms with Gasteiger partial charge in [-0.2, -0.15) is 5.10 Å². The van der Waals surface area contributed by atoms with E-state index >= 15 is 0 Å². The van der Waals surface area contributed by atoms with Crippen molar-refractivity contribution in [2.45, 2.75) is 25.9 Å². The number of aliphatic hydroxyl groups excluding tert-OH is 1. The van der Waals surface area contributed by atoms with E-state index in [9.17, 15) is 13.5 Å². The number of halogens is 1. The molecule has 1 fully saturated rings. The smallest absolute Gasteiger partial charge is 0.211 e. The Morgan fingerprint density at radius 2 is 2.04 bits per heavy atom. The van der Waals surface area contributed by atoms with Crippen molar-refractivity contribution in [3.8, 4) is 0 Å². The molecule has 0 bridgehead atoms. The van der Waals surface area contributed by atoms with Crippen LogP contribution in [0, 0.1) is 5.41 Å². The van der Waals surface area contributed by atoms with Gasteiger partial charge in [-0.25, -0.2) is 12.7 Å². The second kappa shape index (κ2) is 5.73. The third-order valence-corrected chi connectivity index (χ3v) is 6.35. The maximum absolute atomic E-state index is 11.7. The summed E-state index contributed by atoms with van der Waals surface area (Å²) in [5, 5.41) is 19.3. The zero-order valence-electron chi connectivity index (χ0n) is 13.1. The Morgan fingerprint density at radius 1 is 1.39 bits per heavy atom. The van der Waals surface area contributed by atoms with Crippen LogP contribution in [-0.4, -0.2) is 47.4 Å². The van der Waals surface area contributed by atoms with Crippen molar-refractivity contribution in [1.29, 1.82) is 0 Å². The Kier molecular flexibility index (Phi) is 4.16. The molecule has 6 nitrogen and oxygen atoms in total. The number of hydrogen-bond acceptors (Lipinski definition) is 4. The molecular weight excluding hydrogens is 338 g/mol. The monoisotopic (exact) mass is 357 g/mol. The van der Waals surface area contributed by atoms with E-state index < -0.39 is 21.5 Å². The van der Waals surface area contributed by atoms with Gasteiger partial charge in [0.25, 0.3) is 0 Å². The number of nitrogens with one attached hydrogen (secondary N) is 1. The van der Waals surface area contributed by atoms with E-state index in [0.717, 1.165) is 10.9 Å². The largest absolute Gasteiger partial charge is 0.388 e. The summed E-state index contributed by atoms with van der Waals surface area (Å²) < 4.78 is 24.8. The van der Waals surface area contributed by atoms with E-state index in [1.54, 1.807) is 18.3 Å². The summed E-state index contributed by atoms with van der Waals surface area (Å²) in [6, 6.07) is 3.55. The number of benzene rings is 1. The van der Waals surface area contributed by atoms with Gasteiger partial charge in [-0.15, -0.1) is 0 Å². The molecule has 0 radical (unpaired) electrons. The fourth-order valence-corrected chi connectivity index (χ4v) is 4.32. The predicted octanol–water partition coefficient (Wildman–Crippen LogP) is 2.31. The number of H-pyrrole nitrogens is 1. The van der Waals surface area contributed by atoms with Crippen LogP contribution < -0.4 is 0 Å². The lowest BCUT2D eigenvalue weighted by molar-refractivity contribution is 0.00165. The van der Waals surface area contributed by atoms with Crippen LogP contribution in [0.3, 0.4) is 0 Å². The molecule has 2 aromatic rings. The van der Waals surface area contributed by atoms with E-state index in [1.807, 2.05) is 6.92 Å². The van der Waals surface area contributed by atoms with E-state index in [1.165, 1.54) is 10.6 Å². The molecule has 1 aromatic heterocycles. The van der Waals surface area contributed by atoms with Gasteiger partial charge in [-0.1, -0.05) is 18.5 Å². The molecule has 0 aliphatic carbocycles. The van der Waals surface area contributed by atoms with E-state index in [2.05, 4.69) is 10.2 Å². The highest BCUT2D eigenvalue weighted by Gasteiger charge is 2.40. The molecule has 2 heterocycles. The number of aliphatic hydroxyl groups is 1. The second-order valence-corrected chi connectivity index (χ2v) is 8.97. The molecule has 8 heteroatoms. The Morgan fingerprint density at radius 3 is 2.65 bits per heavy atom. The first-order valence-corrected chi connectivity index (χ1v) is 9.69. The molecule has 1 aliphatic rings. The molecular formula is C15H20ClN3O3S. The summed E-state index contributed by atoms with van der Waals surface area (Å²) in [5.41, 5.74) is 1.07. The van der Waals surface area contributed by atoms with Gasteiger partial charge in [0.05, 0.1) is 24.1 Å². The quantitative estimate of drug-likeness (QED) is 0.882. The first-order valence-electron chi connectivity index (χ1n) is 7.46. The molecule has 126 valence electrons. The second-order valence-electron chi connectivity index (χ2n) is 6.55. The summed E-state index contributed by atoms with van der Waals surface area (Å²) in [6.07, 6.45) is 3.32. The minimum atomic E-state index is -3.18. The fourth-order valence-electron chi connectivity index (χ4n) is 3.24. The number of hydrogen-bond donors (Lipinski definition) is 2. The lowest BCUT2D eigenvalue weighted by atomic mass is 9.73. The summed E-state index contributed by atoms with van der Waals surface area (Å²) in [6.45, 7) is 2.82. The maximum Gasteiger partial charge on any atom is 0.211 e. The third-order valence-electron chi connectivity index (χ3n) is 4.83. The van der Waals surface area contributed by atoms with Gasteiger partial charge in [-0.05, 0) is 25.0 Å². The van der Waals surface area contributed by atoms with E-state index in [-0.39, 0.29) is 0 Å². The highest BCUT2D eigenvalue weighted by Crippen LogP contribution is 2.44. The molecule has 1 unspecified atom stereocenters. The molecule has 2 N–H and O–H groups in total. The number of rotatable bonds is 3. The van der Waals surface area contributed by atoms with Crippen molar-refractivity contribution in [2.24, 2.45) is 5.41 Å². The summed E-state index contributed by atoms with van der Waals surface area (Å²) in [5.74, 6) is 0. The van der Waals surface area contributed by atoms with Crippen LogP contribution in [0.4, 0.5) is 0 Å². The van der Waals surface area contributed by atoms with Crippen LogP contribution in [0.5, 0.6) is 0 Å². The number of aromatic amines is 1. The first-order chi connectivity index (χ1) is 10.7. The Labute approximate surface area is 140 Å².